The van der Waals surface area contributed by atoms with Crippen LogP contribution in [0.3, 0.4) is 0 Å². The van der Waals surface area contributed by atoms with Crippen LogP contribution >= 0.6 is 0 Å². The van der Waals surface area contributed by atoms with Crippen LogP contribution in [0.4, 0.5) is 4.79 Å². The van der Waals surface area contributed by atoms with E-state index < -0.39 is 11.7 Å². The van der Waals surface area contributed by atoms with Gasteiger partial charge in [-0.3, -0.25) is 14.9 Å². The van der Waals surface area contributed by atoms with Crippen LogP contribution in [0.2, 0.25) is 0 Å². The van der Waals surface area contributed by atoms with Crippen molar-refractivity contribution in [3.05, 3.63) is 30.1 Å². The maximum Gasteiger partial charge on any atom is 0.416 e. The van der Waals surface area contributed by atoms with Crippen LogP contribution in [-0.4, -0.2) is 46.5 Å². The summed E-state index contributed by atoms with van der Waals surface area (Å²) in [6, 6.07) is 5.37. The third-order valence-electron chi connectivity index (χ3n) is 2.73. The smallest absolute Gasteiger partial charge is 0.416 e. The maximum atomic E-state index is 12.3. The van der Waals surface area contributed by atoms with E-state index in [1.807, 2.05) is 39.0 Å². The van der Waals surface area contributed by atoms with Gasteiger partial charge in [0, 0.05) is 12.7 Å². The van der Waals surface area contributed by atoms with Crippen molar-refractivity contribution in [2.45, 2.75) is 32.4 Å². The minimum absolute atomic E-state index is 0.112. The number of pyridine rings is 1. The summed E-state index contributed by atoms with van der Waals surface area (Å²) in [5.74, 6) is 0.523. The lowest BCUT2D eigenvalue weighted by atomic mass is 10.2. The highest BCUT2D eigenvalue weighted by atomic mass is 16.6. The van der Waals surface area contributed by atoms with Crippen molar-refractivity contribution in [3.8, 4) is 0 Å². The van der Waals surface area contributed by atoms with E-state index in [4.69, 9.17) is 10.5 Å². The molecule has 1 amide bonds. The van der Waals surface area contributed by atoms with Crippen molar-refractivity contribution in [3.63, 3.8) is 0 Å². The first-order chi connectivity index (χ1) is 9.40. The number of aromatic nitrogens is 1. The van der Waals surface area contributed by atoms with Crippen LogP contribution in [0.5, 0.6) is 0 Å². The lowest BCUT2D eigenvalue weighted by molar-refractivity contribution is 0.0378. The van der Waals surface area contributed by atoms with Gasteiger partial charge in [-0.1, -0.05) is 6.07 Å². The van der Waals surface area contributed by atoms with Gasteiger partial charge in [-0.15, -0.1) is 0 Å². The molecule has 108 valence electrons. The first-order valence-electron chi connectivity index (χ1n) is 6.60. The molecule has 0 saturated heterocycles. The molecular formula is C14H20N4O2. The lowest BCUT2D eigenvalue weighted by Gasteiger charge is -2.25. The van der Waals surface area contributed by atoms with Gasteiger partial charge in [-0.25, -0.2) is 4.79 Å². The Morgan fingerprint density at radius 1 is 1.50 bits per heavy atom. The van der Waals surface area contributed by atoms with Crippen LogP contribution in [0.1, 0.15) is 26.5 Å². The highest BCUT2D eigenvalue weighted by Crippen LogP contribution is 2.18. The molecule has 1 aliphatic rings. The minimum atomic E-state index is -0.549. The van der Waals surface area contributed by atoms with Gasteiger partial charge in [0.1, 0.15) is 11.3 Å². The van der Waals surface area contributed by atoms with Crippen LogP contribution in [0, 0.1) is 0 Å². The molecule has 0 saturated carbocycles. The number of ether oxygens (including phenoxy) is 1. The van der Waals surface area contributed by atoms with E-state index in [1.165, 1.54) is 4.90 Å². The number of nitrogens with two attached hydrogens (primary N) is 1. The molecule has 1 aliphatic heterocycles. The molecule has 2 N–H and O–H groups in total. The summed E-state index contributed by atoms with van der Waals surface area (Å²) in [4.78, 5) is 22.5. The Labute approximate surface area is 118 Å². The van der Waals surface area contributed by atoms with E-state index in [2.05, 4.69) is 9.98 Å². The molecular weight excluding hydrogens is 256 g/mol. The molecule has 0 fully saturated rings. The second-order valence-corrected chi connectivity index (χ2v) is 5.65. The minimum Gasteiger partial charge on any atom is -0.443 e. The van der Waals surface area contributed by atoms with Crippen LogP contribution < -0.4 is 5.73 Å². The SMILES string of the molecule is CC(C)(C)OC(=O)N1CC(CN)N=C1c1ccccn1. The maximum absolute atomic E-state index is 12.3. The van der Waals surface area contributed by atoms with E-state index in [1.54, 1.807) is 6.20 Å². The Kier molecular flexibility index (Phi) is 4.04. The van der Waals surface area contributed by atoms with Gasteiger partial charge < -0.3 is 10.5 Å². The molecule has 2 rings (SSSR count). The highest BCUT2D eigenvalue weighted by Gasteiger charge is 2.33. The summed E-state index contributed by atoms with van der Waals surface area (Å²) < 4.78 is 5.40. The molecule has 0 aliphatic carbocycles. The van der Waals surface area contributed by atoms with Crippen molar-refractivity contribution < 1.29 is 9.53 Å². The summed E-state index contributed by atoms with van der Waals surface area (Å²) >= 11 is 0. The fourth-order valence-electron chi connectivity index (χ4n) is 1.89. The molecule has 6 heteroatoms. The third kappa shape index (κ3) is 3.33. The first-order valence-corrected chi connectivity index (χ1v) is 6.60. The topological polar surface area (TPSA) is 80.8 Å². The molecule has 1 atom stereocenters. The number of hydrogen-bond acceptors (Lipinski definition) is 5. The summed E-state index contributed by atoms with van der Waals surface area (Å²) in [5.41, 5.74) is 5.76. The zero-order valence-corrected chi connectivity index (χ0v) is 12.0. The zero-order valence-electron chi connectivity index (χ0n) is 12.0. The van der Waals surface area contributed by atoms with E-state index in [-0.39, 0.29) is 6.04 Å². The Balaban J connectivity index is 2.24. The van der Waals surface area contributed by atoms with Crippen LogP contribution in [0.15, 0.2) is 29.4 Å². The summed E-state index contributed by atoms with van der Waals surface area (Å²) in [7, 11) is 0. The Bertz CT molecular complexity index is 508. The molecule has 20 heavy (non-hydrogen) atoms. The van der Waals surface area contributed by atoms with Crippen molar-refractivity contribution in [1.82, 2.24) is 9.88 Å². The number of hydrogen-bond donors (Lipinski definition) is 1. The number of amides is 1. The number of aliphatic imine (C=N–C) groups is 1. The quantitative estimate of drug-likeness (QED) is 0.885. The average molecular weight is 276 g/mol. The fourth-order valence-corrected chi connectivity index (χ4v) is 1.89. The Morgan fingerprint density at radius 3 is 2.80 bits per heavy atom. The molecule has 0 bridgehead atoms. The number of nitrogens with zero attached hydrogens (tertiary/aromatic N) is 3. The van der Waals surface area contributed by atoms with Crippen molar-refractivity contribution in [2.75, 3.05) is 13.1 Å². The number of carbonyl (C=O) groups is 1. The van der Waals surface area contributed by atoms with Gasteiger partial charge in [0.05, 0.1) is 12.6 Å². The van der Waals surface area contributed by atoms with Gasteiger partial charge in [-0.2, -0.15) is 0 Å². The number of amidine groups is 1. The van der Waals surface area contributed by atoms with Crippen LogP contribution in [0.25, 0.3) is 0 Å². The molecule has 1 unspecified atom stereocenters. The Morgan fingerprint density at radius 2 is 2.25 bits per heavy atom. The fraction of sp³-hybridized carbons (Fsp3) is 0.500. The standard InChI is InChI=1S/C14H20N4O2/c1-14(2,3)20-13(19)18-9-10(8-15)17-12(18)11-6-4-5-7-16-11/h4-7,10H,8-9,15H2,1-3H3. The summed E-state index contributed by atoms with van der Waals surface area (Å²) in [6.07, 6.45) is 1.25. The molecule has 2 heterocycles. The average Bonchev–Trinajstić information content (AvgIpc) is 2.82. The predicted molar refractivity (Wildman–Crippen MR) is 76.6 cm³/mol. The largest absolute Gasteiger partial charge is 0.443 e. The van der Waals surface area contributed by atoms with E-state index >= 15 is 0 Å². The van der Waals surface area contributed by atoms with E-state index in [9.17, 15) is 4.79 Å². The number of rotatable bonds is 2. The van der Waals surface area contributed by atoms with E-state index in [0.29, 0.717) is 24.6 Å². The molecule has 0 aromatic carbocycles. The molecule has 0 spiro atoms. The molecule has 0 radical (unpaired) electrons. The summed E-state index contributed by atoms with van der Waals surface area (Å²) in [6.45, 7) is 6.31. The Hall–Kier alpha value is -1.95. The molecule has 1 aromatic heterocycles. The van der Waals surface area contributed by atoms with Crippen molar-refractivity contribution >= 4 is 11.9 Å². The molecule has 6 nitrogen and oxygen atoms in total. The van der Waals surface area contributed by atoms with Gasteiger partial charge in [-0.05, 0) is 32.9 Å². The first kappa shape index (κ1) is 14.5. The van der Waals surface area contributed by atoms with Crippen LogP contribution in [-0.2, 0) is 4.74 Å². The monoisotopic (exact) mass is 276 g/mol. The third-order valence-corrected chi connectivity index (χ3v) is 2.73. The predicted octanol–water partition coefficient (Wildman–Crippen LogP) is 1.41. The zero-order chi connectivity index (χ0) is 14.8. The van der Waals surface area contributed by atoms with Crippen molar-refractivity contribution in [2.24, 2.45) is 10.7 Å². The summed E-state index contributed by atoms with van der Waals surface area (Å²) in [5, 5.41) is 0. The van der Waals surface area contributed by atoms with E-state index in [0.717, 1.165) is 0 Å². The van der Waals surface area contributed by atoms with Crippen molar-refractivity contribution in [1.29, 1.82) is 0 Å². The second kappa shape index (κ2) is 5.58. The highest BCUT2D eigenvalue weighted by molar-refractivity contribution is 6.06. The lowest BCUT2D eigenvalue weighted by Crippen LogP contribution is -2.41. The van der Waals surface area contributed by atoms with Gasteiger partial charge in [0.15, 0.2) is 5.84 Å². The molecule has 1 aromatic rings. The second-order valence-electron chi connectivity index (χ2n) is 5.65. The van der Waals surface area contributed by atoms with Gasteiger partial charge >= 0.3 is 6.09 Å². The number of carbonyl (C=O) groups excluding carboxylic acids is 1. The normalized spacial score (nSPS) is 18.9. The van der Waals surface area contributed by atoms with Gasteiger partial charge in [0.25, 0.3) is 0 Å². The van der Waals surface area contributed by atoms with Gasteiger partial charge in [0.2, 0.25) is 0 Å².